The third kappa shape index (κ3) is 2.52. The van der Waals surface area contributed by atoms with E-state index < -0.39 is 11.7 Å². The lowest BCUT2D eigenvalue weighted by Gasteiger charge is -2.12. The molecule has 2 aromatic carbocycles. The number of ether oxygens (including phenoxy) is 1. The second kappa shape index (κ2) is 5.28. The largest absolute Gasteiger partial charge is 0.451 e. The Morgan fingerprint density at radius 1 is 1.30 bits per heavy atom. The summed E-state index contributed by atoms with van der Waals surface area (Å²) in [5.74, 6) is -1.63. The first-order chi connectivity index (χ1) is 9.52. The van der Waals surface area contributed by atoms with Crippen LogP contribution in [0.5, 0.6) is 11.5 Å². The quantitative estimate of drug-likeness (QED) is 0.835. The van der Waals surface area contributed by atoms with Gasteiger partial charge in [0.2, 0.25) is 0 Å². The van der Waals surface area contributed by atoms with E-state index in [-0.39, 0.29) is 28.3 Å². The molecule has 0 aromatic heterocycles. The topological polar surface area (TPSA) is 102 Å². The summed E-state index contributed by atoms with van der Waals surface area (Å²) in [7, 11) is 0. The maximum Gasteiger partial charge on any atom is 0.252 e. The van der Waals surface area contributed by atoms with Gasteiger partial charge in [0.1, 0.15) is 0 Å². The molecule has 0 aliphatic heterocycles. The van der Waals surface area contributed by atoms with E-state index in [4.69, 9.17) is 21.5 Å². The van der Waals surface area contributed by atoms with Gasteiger partial charge >= 0.3 is 0 Å². The molecule has 0 bridgehead atoms. The molecule has 2 rings (SSSR count). The van der Waals surface area contributed by atoms with Crippen LogP contribution in [0.25, 0.3) is 0 Å². The van der Waals surface area contributed by atoms with Crippen LogP contribution in [0.1, 0.15) is 15.9 Å². The zero-order chi connectivity index (χ0) is 14.7. The van der Waals surface area contributed by atoms with Crippen molar-refractivity contribution in [1.29, 1.82) is 5.26 Å². The Morgan fingerprint density at radius 3 is 2.65 bits per heavy atom. The van der Waals surface area contributed by atoms with Crippen molar-refractivity contribution >= 4 is 11.6 Å². The van der Waals surface area contributed by atoms with E-state index in [9.17, 15) is 9.18 Å². The second-order valence-corrected chi connectivity index (χ2v) is 3.95. The molecule has 20 heavy (non-hydrogen) atoms. The lowest BCUT2D eigenvalue weighted by molar-refractivity contribution is 0.0998. The lowest BCUT2D eigenvalue weighted by Crippen LogP contribution is -2.13. The number of halogens is 1. The maximum absolute atomic E-state index is 13.8. The molecule has 0 unspecified atom stereocenters. The standard InChI is InChI=1S/C14H10FN3O2/c15-10-6-8(7-16)4-5-12(10)20-13-9(14(18)19)2-1-3-11(13)17/h1-6H,17H2,(H2,18,19). The predicted molar refractivity (Wildman–Crippen MR) is 70.6 cm³/mol. The van der Waals surface area contributed by atoms with Crippen molar-refractivity contribution in [2.45, 2.75) is 0 Å². The van der Waals surface area contributed by atoms with Gasteiger partial charge in [0, 0.05) is 0 Å². The van der Waals surface area contributed by atoms with Crippen molar-refractivity contribution in [3.8, 4) is 17.6 Å². The van der Waals surface area contributed by atoms with Crippen molar-refractivity contribution in [3.63, 3.8) is 0 Å². The summed E-state index contributed by atoms with van der Waals surface area (Å²) in [6, 6.07) is 9.97. The van der Waals surface area contributed by atoms with Gasteiger partial charge in [0.05, 0.1) is 22.9 Å². The summed E-state index contributed by atoms with van der Waals surface area (Å²) >= 11 is 0. The first kappa shape index (κ1) is 13.4. The summed E-state index contributed by atoms with van der Waals surface area (Å²) in [6.07, 6.45) is 0. The molecule has 4 N–H and O–H groups in total. The number of para-hydroxylation sites is 1. The van der Waals surface area contributed by atoms with Crippen LogP contribution in [0.3, 0.4) is 0 Å². The van der Waals surface area contributed by atoms with E-state index in [2.05, 4.69) is 0 Å². The number of benzene rings is 2. The molecular formula is C14H10FN3O2. The fourth-order valence-electron chi connectivity index (χ4n) is 1.63. The molecule has 0 aliphatic rings. The predicted octanol–water partition coefficient (Wildman–Crippen LogP) is 2.17. The number of carbonyl (C=O) groups is 1. The zero-order valence-electron chi connectivity index (χ0n) is 10.3. The molecule has 0 spiro atoms. The van der Waals surface area contributed by atoms with Crippen LogP contribution in [0.4, 0.5) is 10.1 Å². The number of anilines is 1. The Balaban J connectivity index is 2.45. The van der Waals surface area contributed by atoms with Crippen LogP contribution in [-0.4, -0.2) is 5.91 Å². The number of nitrogen functional groups attached to an aromatic ring is 1. The van der Waals surface area contributed by atoms with Crippen molar-refractivity contribution in [3.05, 3.63) is 53.3 Å². The minimum Gasteiger partial charge on any atom is -0.451 e. The van der Waals surface area contributed by atoms with E-state index in [0.29, 0.717) is 0 Å². The fraction of sp³-hybridized carbons (Fsp3) is 0. The average Bonchev–Trinajstić information content (AvgIpc) is 2.42. The summed E-state index contributed by atoms with van der Waals surface area (Å²) in [5.41, 5.74) is 11.3. The number of carbonyl (C=O) groups excluding carboxylic acids is 1. The number of nitrogens with two attached hydrogens (primary N) is 2. The van der Waals surface area contributed by atoms with E-state index in [1.165, 1.54) is 30.3 Å². The highest BCUT2D eigenvalue weighted by molar-refractivity contribution is 5.97. The SMILES string of the molecule is N#Cc1ccc(Oc2c(N)cccc2C(N)=O)c(F)c1. The Kier molecular flexibility index (Phi) is 3.53. The van der Waals surface area contributed by atoms with Gasteiger partial charge < -0.3 is 16.2 Å². The van der Waals surface area contributed by atoms with Crippen molar-refractivity contribution in [2.24, 2.45) is 5.73 Å². The van der Waals surface area contributed by atoms with Crippen LogP contribution in [0, 0.1) is 17.1 Å². The number of rotatable bonds is 3. The molecule has 0 radical (unpaired) electrons. The minimum atomic E-state index is -0.735. The van der Waals surface area contributed by atoms with Gasteiger partial charge in [-0.1, -0.05) is 6.07 Å². The van der Waals surface area contributed by atoms with Gasteiger partial charge in [0.25, 0.3) is 5.91 Å². The summed E-state index contributed by atoms with van der Waals surface area (Å²) in [6.45, 7) is 0. The van der Waals surface area contributed by atoms with Crippen LogP contribution in [-0.2, 0) is 0 Å². The van der Waals surface area contributed by atoms with Gasteiger partial charge in [0.15, 0.2) is 17.3 Å². The van der Waals surface area contributed by atoms with Crippen LogP contribution >= 0.6 is 0 Å². The molecule has 0 saturated carbocycles. The molecule has 0 heterocycles. The minimum absolute atomic E-state index is 0.0105. The Hall–Kier alpha value is -3.07. The monoisotopic (exact) mass is 271 g/mol. The third-order valence-electron chi connectivity index (χ3n) is 2.58. The highest BCUT2D eigenvalue weighted by Crippen LogP contribution is 2.32. The molecule has 2 aromatic rings. The van der Waals surface area contributed by atoms with Gasteiger partial charge in [-0.05, 0) is 30.3 Å². The van der Waals surface area contributed by atoms with Crippen LogP contribution in [0.2, 0.25) is 0 Å². The summed E-state index contributed by atoms with van der Waals surface area (Å²) in [5, 5.41) is 8.67. The van der Waals surface area contributed by atoms with E-state index >= 15 is 0 Å². The zero-order valence-corrected chi connectivity index (χ0v) is 10.3. The number of hydrogen-bond acceptors (Lipinski definition) is 4. The van der Waals surface area contributed by atoms with E-state index in [1.54, 1.807) is 6.07 Å². The molecule has 0 aliphatic carbocycles. The van der Waals surface area contributed by atoms with Crippen LogP contribution in [0.15, 0.2) is 36.4 Å². The number of primary amides is 1. The molecule has 0 fully saturated rings. The van der Waals surface area contributed by atoms with Crippen molar-refractivity contribution in [1.82, 2.24) is 0 Å². The molecule has 0 saturated heterocycles. The Labute approximate surface area is 114 Å². The maximum atomic E-state index is 13.8. The molecular weight excluding hydrogens is 261 g/mol. The first-order valence-electron chi connectivity index (χ1n) is 5.58. The molecule has 6 heteroatoms. The molecule has 100 valence electrons. The Morgan fingerprint density at radius 2 is 2.05 bits per heavy atom. The summed E-state index contributed by atoms with van der Waals surface area (Å²) < 4.78 is 19.1. The molecule has 5 nitrogen and oxygen atoms in total. The highest BCUT2D eigenvalue weighted by Gasteiger charge is 2.15. The number of nitrogens with zero attached hydrogens (tertiary/aromatic N) is 1. The lowest BCUT2D eigenvalue weighted by atomic mass is 10.1. The Bertz CT molecular complexity index is 723. The first-order valence-corrected chi connectivity index (χ1v) is 5.58. The smallest absolute Gasteiger partial charge is 0.252 e. The highest BCUT2D eigenvalue weighted by atomic mass is 19.1. The van der Waals surface area contributed by atoms with Crippen molar-refractivity contribution < 1.29 is 13.9 Å². The molecule has 1 amide bonds. The summed E-state index contributed by atoms with van der Waals surface area (Å²) in [4.78, 5) is 11.3. The average molecular weight is 271 g/mol. The molecule has 0 atom stereocenters. The fourth-order valence-corrected chi connectivity index (χ4v) is 1.63. The van der Waals surface area contributed by atoms with Gasteiger partial charge in [-0.3, -0.25) is 4.79 Å². The number of amides is 1. The van der Waals surface area contributed by atoms with Gasteiger partial charge in [-0.2, -0.15) is 5.26 Å². The van der Waals surface area contributed by atoms with Gasteiger partial charge in [-0.25, -0.2) is 4.39 Å². The van der Waals surface area contributed by atoms with E-state index in [0.717, 1.165) is 6.07 Å². The second-order valence-electron chi connectivity index (χ2n) is 3.95. The van der Waals surface area contributed by atoms with Gasteiger partial charge in [-0.15, -0.1) is 0 Å². The van der Waals surface area contributed by atoms with Crippen molar-refractivity contribution in [2.75, 3.05) is 5.73 Å². The van der Waals surface area contributed by atoms with E-state index in [1.807, 2.05) is 0 Å². The van der Waals surface area contributed by atoms with Crippen LogP contribution < -0.4 is 16.2 Å². The third-order valence-corrected chi connectivity index (χ3v) is 2.58. The number of hydrogen-bond donors (Lipinski definition) is 2. The number of nitriles is 1. The normalized spacial score (nSPS) is 9.80.